The standard InChI is InChI=1S/C13H21N5O2S/c1-5-11(4)18-13(6-7-14-18)16-21(19,20)12-8-15-17(9-12)10(2)3/h6-11,16H,5H2,1-4H3/t11-/m0/s1. The summed E-state index contributed by atoms with van der Waals surface area (Å²) in [5, 5.41) is 8.23. The predicted molar refractivity (Wildman–Crippen MR) is 80.6 cm³/mol. The van der Waals surface area contributed by atoms with E-state index in [1.807, 2.05) is 27.7 Å². The van der Waals surface area contributed by atoms with Gasteiger partial charge in [0, 0.05) is 18.3 Å². The van der Waals surface area contributed by atoms with E-state index in [1.165, 1.54) is 12.4 Å². The molecule has 0 bridgehead atoms. The molecule has 0 aliphatic carbocycles. The molecule has 0 unspecified atom stereocenters. The van der Waals surface area contributed by atoms with Crippen molar-refractivity contribution >= 4 is 15.8 Å². The zero-order chi connectivity index (χ0) is 15.6. The second-order valence-corrected chi connectivity index (χ2v) is 6.96. The maximum Gasteiger partial charge on any atom is 0.266 e. The van der Waals surface area contributed by atoms with Gasteiger partial charge in [-0.3, -0.25) is 9.40 Å². The molecule has 1 atom stereocenters. The van der Waals surface area contributed by atoms with Crippen molar-refractivity contribution in [1.29, 1.82) is 0 Å². The average Bonchev–Trinajstić information content (AvgIpc) is 3.05. The summed E-state index contributed by atoms with van der Waals surface area (Å²) in [6, 6.07) is 1.88. The zero-order valence-corrected chi connectivity index (χ0v) is 13.5. The van der Waals surface area contributed by atoms with Gasteiger partial charge in [0.15, 0.2) is 0 Å². The largest absolute Gasteiger partial charge is 0.269 e. The molecule has 0 spiro atoms. The van der Waals surface area contributed by atoms with Gasteiger partial charge >= 0.3 is 0 Å². The number of nitrogens with zero attached hydrogens (tertiary/aromatic N) is 4. The molecular weight excluding hydrogens is 290 g/mol. The first-order chi connectivity index (χ1) is 9.85. The third kappa shape index (κ3) is 3.26. The fourth-order valence-corrected chi connectivity index (χ4v) is 2.85. The Bertz CT molecular complexity index is 702. The molecule has 7 nitrogen and oxygen atoms in total. The molecule has 0 aromatic carbocycles. The summed E-state index contributed by atoms with van der Waals surface area (Å²) in [7, 11) is -3.65. The van der Waals surface area contributed by atoms with E-state index < -0.39 is 10.0 Å². The van der Waals surface area contributed by atoms with Gasteiger partial charge in [0.2, 0.25) is 0 Å². The number of nitrogens with one attached hydrogen (secondary N) is 1. The Morgan fingerprint density at radius 3 is 2.57 bits per heavy atom. The lowest BCUT2D eigenvalue weighted by Crippen LogP contribution is -2.17. The summed E-state index contributed by atoms with van der Waals surface area (Å²) in [5.41, 5.74) is 0. The monoisotopic (exact) mass is 311 g/mol. The van der Waals surface area contributed by atoms with E-state index >= 15 is 0 Å². The molecule has 21 heavy (non-hydrogen) atoms. The molecule has 116 valence electrons. The fourth-order valence-electron chi connectivity index (χ4n) is 1.86. The van der Waals surface area contributed by atoms with E-state index in [9.17, 15) is 8.42 Å². The molecule has 0 radical (unpaired) electrons. The molecule has 2 aromatic heterocycles. The number of hydrogen-bond acceptors (Lipinski definition) is 4. The van der Waals surface area contributed by atoms with Crippen molar-refractivity contribution < 1.29 is 8.42 Å². The topological polar surface area (TPSA) is 81.8 Å². The minimum Gasteiger partial charge on any atom is -0.269 e. The minimum absolute atomic E-state index is 0.111. The SMILES string of the molecule is CC[C@H](C)n1nccc1NS(=O)(=O)c1cnn(C(C)C)c1. The lowest BCUT2D eigenvalue weighted by molar-refractivity contribution is 0.484. The fraction of sp³-hybridized carbons (Fsp3) is 0.538. The van der Waals surface area contributed by atoms with E-state index in [1.54, 1.807) is 21.6 Å². The Hall–Kier alpha value is -1.83. The Morgan fingerprint density at radius 1 is 1.29 bits per heavy atom. The van der Waals surface area contributed by atoms with Gasteiger partial charge in [-0.25, -0.2) is 13.1 Å². The smallest absolute Gasteiger partial charge is 0.266 e. The lowest BCUT2D eigenvalue weighted by atomic mass is 10.3. The van der Waals surface area contributed by atoms with E-state index in [2.05, 4.69) is 14.9 Å². The normalized spacial score (nSPS) is 13.6. The van der Waals surface area contributed by atoms with Gasteiger partial charge in [-0.15, -0.1) is 0 Å². The molecule has 1 N–H and O–H groups in total. The Kier molecular flexibility index (Phi) is 4.36. The van der Waals surface area contributed by atoms with Crippen molar-refractivity contribution in [1.82, 2.24) is 19.6 Å². The van der Waals surface area contributed by atoms with Crippen LogP contribution in [0.2, 0.25) is 0 Å². The van der Waals surface area contributed by atoms with Gasteiger partial charge in [-0.1, -0.05) is 6.92 Å². The molecular formula is C13H21N5O2S. The van der Waals surface area contributed by atoms with Crippen LogP contribution in [0.4, 0.5) is 5.82 Å². The summed E-state index contributed by atoms with van der Waals surface area (Å²) < 4.78 is 30.6. The van der Waals surface area contributed by atoms with Gasteiger partial charge in [0.1, 0.15) is 10.7 Å². The molecule has 0 aliphatic heterocycles. The van der Waals surface area contributed by atoms with E-state index in [0.29, 0.717) is 5.82 Å². The zero-order valence-electron chi connectivity index (χ0n) is 12.7. The van der Waals surface area contributed by atoms with Crippen molar-refractivity contribution in [2.45, 2.75) is 51.1 Å². The van der Waals surface area contributed by atoms with Crippen LogP contribution in [0.5, 0.6) is 0 Å². The van der Waals surface area contributed by atoms with Crippen LogP contribution in [0, 0.1) is 0 Å². The first-order valence-electron chi connectivity index (χ1n) is 6.95. The highest BCUT2D eigenvalue weighted by Gasteiger charge is 2.20. The maximum atomic E-state index is 12.4. The van der Waals surface area contributed by atoms with Crippen LogP contribution in [0.25, 0.3) is 0 Å². The molecule has 2 aromatic rings. The molecule has 0 saturated heterocycles. The van der Waals surface area contributed by atoms with Crippen LogP contribution >= 0.6 is 0 Å². The minimum atomic E-state index is -3.65. The number of sulfonamides is 1. The summed E-state index contributed by atoms with van der Waals surface area (Å²) in [4.78, 5) is 0.146. The third-order valence-electron chi connectivity index (χ3n) is 3.33. The van der Waals surface area contributed by atoms with Gasteiger partial charge < -0.3 is 0 Å². The van der Waals surface area contributed by atoms with Crippen LogP contribution in [-0.2, 0) is 10.0 Å². The quantitative estimate of drug-likeness (QED) is 0.888. The van der Waals surface area contributed by atoms with Crippen LogP contribution in [0.15, 0.2) is 29.6 Å². The highest BCUT2D eigenvalue weighted by atomic mass is 32.2. The summed E-state index contributed by atoms with van der Waals surface area (Å²) >= 11 is 0. The molecule has 0 saturated carbocycles. The van der Waals surface area contributed by atoms with Crippen molar-refractivity contribution in [3.8, 4) is 0 Å². The van der Waals surface area contributed by atoms with Crippen molar-refractivity contribution in [2.24, 2.45) is 0 Å². The van der Waals surface area contributed by atoms with Crippen LogP contribution in [-0.4, -0.2) is 28.0 Å². The summed E-state index contributed by atoms with van der Waals surface area (Å²) in [6.45, 7) is 7.89. The first-order valence-corrected chi connectivity index (χ1v) is 8.44. The lowest BCUT2D eigenvalue weighted by Gasteiger charge is -2.14. The van der Waals surface area contributed by atoms with Crippen molar-refractivity contribution in [2.75, 3.05) is 4.72 Å². The molecule has 2 rings (SSSR count). The molecule has 2 heterocycles. The molecule has 0 amide bonds. The highest BCUT2D eigenvalue weighted by molar-refractivity contribution is 7.92. The number of anilines is 1. The van der Waals surface area contributed by atoms with Crippen molar-refractivity contribution in [3.05, 3.63) is 24.7 Å². The Labute approximate surface area is 125 Å². The summed E-state index contributed by atoms with van der Waals surface area (Å²) in [6.07, 6.45) is 5.33. The van der Waals surface area contributed by atoms with Crippen LogP contribution in [0.1, 0.15) is 46.2 Å². The maximum absolute atomic E-state index is 12.4. The van der Waals surface area contributed by atoms with Gasteiger partial charge in [0.05, 0.1) is 18.4 Å². The molecule has 0 fully saturated rings. The van der Waals surface area contributed by atoms with Crippen molar-refractivity contribution in [3.63, 3.8) is 0 Å². The Balaban J connectivity index is 2.27. The predicted octanol–water partition coefficient (Wildman–Crippen LogP) is 2.43. The number of aromatic nitrogens is 4. The highest BCUT2D eigenvalue weighted by Crippen LogP contribution is 2.20. The average molecular weight is 311 g/mol. The van der Waals surface area contributed by atoms with E-state index in [0.717, 1.165) is 6.42 Å². The van der Waals surface area contributed by atoms with Crippen LogP contribution in [0.3, 0.4) is 0 Å². The number of hydrogen-bond donors (Lipinski definition) is 1. The molecule has 8 heteroatoms. The summed E-state index contributed by atoms with van der Waals surface area (Å²) in [5.74, 6) is 0.460. The molecule has 0 aliphatic rings. The van der Waals surface area contributed by atoms with E-state index in [4.69, 9.17) is 0 Å². The number of rotatable bonds is 6. The van der Waals surface area contributed by atoms with Crippen LogP contribution < -0.4 is 4.72 Å². The second kappa shape index (κ2) is 5.88. The Morgan fingerprint density at radius 2 is 2.00 bits per heavy atom. The van der Waals surface area contributed by atoms with Gasteiger partial charge in [-0.2, -0.15) is 10.2 Å². The van der Waals surface area contributed by atoms with E-state index in [-0.39, 0.29) is 17.0 Å². The first kappa shape index (κ1) is 15.6. The van der Waals surface area contributed by atoms with Gasteiger partial charge in [0.25, 0.3) is 10.0 Å². The second-order valence-electron chi connectivity index (χ2n) is 5.27. The third-order valence-corrected chi connectivity index (χ3v) is 4.64. The van der Waals surface area contributed by atoms with Gasteiger partial charge in [-0.05, 0) is 27.2 Å².